The predicted octanol–water partition coefficient (Wildman–Crippen LogP) is 6.10. The lowest BCUT2D eigenvalue weighted by molar-refractivity contribution is -0.139. The van der Waals surface area contributed by atoms with E-state index < -0.39 is 24.4 Å². The highest BCUT2D eigenvalue weighted by molar-refractivity contribution is 7.15. The molecule has 0 unspecified atom stereocenters. The minimum absolute atomic E-state index is 0.197. The molecule has 0 bridgehead atoms. The zero-order chi connectivity index (χ0) is 27.8. The molecular weight excluding hydrogens is 530 g/mol. The number of aromatic nitrogens is 2. The highest BCUT2D eigenvalue weighted by Gasteiger charge is 2.39. The Morgan fingerprint density at radius 2 is 1.95 bits per heavy atom. The number of piperidine rings is 1. The Kier molecular flexibility index (Phi) is 7.39. The van der Waals surface area contributed by atoms with E-state index in [1.54, 1.807) is 61.7 Å². The third-order valence-corrected chi connectivity index (χ3v) is 7.97. The number of amides is 1. The number of nitrogens with one attached hydrogen (secondary N) is 2. The summed E-state index contributed by atoms with van der Waals surface area (Å²) in [6, 6.07) is 15.0. The zero-order valence-electron chi connectivity index (χ0n) is 21.6. The summed E-state index contributed by atoms with van der Waals surface area (Å²) in [5.74, 6) is -0.249. The lowest BCUT2D eigenvalue weighted by Gasteiger charge is -2.40. The second-order valence-corrected chi connectivity index (χ2v) is 11.3. The third kappa shape index (κ3) is 6.09. The number of benzene rings is 2. The summed E-state index contributed by atoms with van der Waals surface area (Å²) in [5, 5.41) is 7.08. The highest BCUT2D eigenvalue weighted by Crippen LogP contribution is 2.38. The number of hydrogen-bond acceptors (Lipinski definition) is 5. The maximum absolute atomic E-state index is 15.4. The molecule has 1 fully saturated rings. The van der Waals surface area contributed by atoms with Gasteiger partial charge in [0.25, 0.3) is 5.91 Å². The Morgan fingerprint density at radius 1 is 1.18 bits per heavy atom. The van der Waals surface area contributed by atoms with Gasteiger partial charge in [-0.3, -0.25) is 4.79 Å². The van der Waals surface area contributed by atoms with Gasteiger partial charge in [0.2, 0.25) is 0 Å². The first-order chi connectivity index (χ1) is 18.5. The lowest BCUT2D eigenvalue weighted by Crippen LogP contribution is -2.54. The van der Waals surface area contributed by atoms with Crippen molar-refractivity contribution < 1.29 is 22.4 Å². The summed E-state index contributed by atoms with van der Waals surface area (Å²) in [4.78, 5) is 19.4. The first-order valence-electron chi connectivity index (χ1n) is 12.6. The van der Waals surface area contributed by atoms with Crippen molar-refractivity contribution in [1.82, 2.24) is 19.8 Å². The second-order valence-electron chi connectivity index (χ2n) is 10.2. The van der Waals surface area contributed by atoms with Crippen molar-refractivity contribution in [3.63, 3.8) is 0 Å². The van der Waals surface area contributed by atoms with Gasteiger partial charge in [0.05, 0.1) is 23.8 Å². The summed E-state index contributed by atoms with van der Waals surface area (Å²) in [6.45, 7) is 1.54. The van der Waals surface area contributed by atoms with Crippen LogP contribution in [0.3, 0.4) is 0 Å². The van der Waals surface area contributed by atoms with Crippen molar-refractivity contribution >= 4 is 33.8 Å². The van der Waals surface area contributed by atoms with Gasteiger partial charge >= 0.3 is 6.18 Å². The second kappa shape index (κ2) is 10.6. The largest absolute Gasteiger partial charge is 0.406 e. The minimum Gasteiger partial charge on any atom is -0.378 e. The van der Waals surface area contributed by atoms with Gasteiger partial charge in [0.1, 0.15) is 17.2 Å². The molecule has 0 saturated carbocycles. The molecule has 2 aromatic carbocycles. The van der Waals surface area contributed by atoms with E-state index in [0.717, 1.165) is 6.54 Å². The van der Waals surface area contributed by atoms with Crippen LogP contribution in [0.4, 0.5) is 23.2 Å². The molecule has 2 aromatic heterocycles. The van der Waals surface area contributed by atoms with Crippen molar-refractivity contribution in [2.45, 2.75) is 44.3 Å². The first kappa shape index (κ1) is 27.1. The number of thiazole rings is 1. The van der Waals surface area contributed by atoms with Gasteiger partial charge in [-0.05, 0) is 50.7 Å². The average Bonchev–Trinajstić information content (AvgIpc) is 3.49. The summed E-state index contributed by atoms with van der Waals surface area (Å²) in [6.07, 6.45) is -2.33. The Labute approximate surface area is 227 Å². The number of carbonyl (C=O) groups is 1. The number of likely N-dealkylation sites (tertiary alicyclic amines) is 1. The van der Waals surface area contributed by atoms with E-state index in [9.17, 15) is 18.0 Å². The van der Waals surface area contributed by atoms with E-state index in [1.165, 1.54) is 15.9 Å². The van der Waals surface area contributed by atoms with Crippen LogP contribution in [0.25, 0.3) is 21.6 Å². The number of anilines is 1. The Hall–Kier alpha value is -3.44. The van der Waals surface area contributed by atoms with Crippen LogP contribution < -0.4 is 10.6 Å². The number of carbonyl (C=O) groups excluding carboxylic acids is 1. The molecule has 2 N–H and O–H groups in total. The van der Waals surface area contributed by atoms with E-state index in [-0.39, 0.29) is 19.0 Å². The Bertz CT molecular complexity index is 1460. The molecule has 1 saturated heterocycles. The standard InChI is InChI=1S/C28H29F4N5OS/c1-27(29)16-36(2)12-11-24(27)35-21-9-6-10-22-20(21)13-23(37(22)17-28(30,31)32)26-34-15-19(39-26)14-33-25(38)18-7-4-3-5-8-18/h3-10,13,15,24,35H,11-12,14,16-17H2,1-2H3,(H,33,38)/t24-,27+/m1/s1. The lowest BCUT2D eigenvalue weighted by atomic mass is 9.90. The quantitative estimate of drug-likeness (QED) is 0.269. The molecule has 1 amide bonds. The van der Waals surface area contributed by atoms with E-state index in [4.69, 9.17) is 0 Å². The van der Waals surface area contributed by atoms with E-state index in [2.05, 4.69) is 15.6 Å². The van der Waals surface area contributed by atoms with Gasteiger partial charge in [0, 0.05) is 40.8 Å². The molecule has 6 nitrogen and oxygen atoms in total. The number of halogens is 4. The molecule has 0 aliphatic carbocycles. The van der Waals surface area contributed by atoms with Gasteiger partial charge in [-0.25, -0.2) is 9.37 Å². The van der Waals surface area contributed by atoms with E-state index in [0.29, 0.717) is 44.2 Å². The van der Waals surface area contributed by atoms with Crippen molar-refractivity contribution in [2.24, 2.45) is 0 Å². The fourth-order valence-corrected chi connectivity index (χ4v) is 5.96. The van der Waals surface area contributed by atoms with Gasteiger partial charge in [0.15, 0.2) is 0 Å². The van der Waals surface area contributed by atoms with E-state index >= 15 is 4.39 Å². The molecule has 2 atom stereocenters. The fourth-order valence-electron chi connectivity index (χ4n) is 5.08. The van der Waals surface area contributed by atoms with Crippen LogP contribution in [0.5, 0.6) is 0 Å². The maximum atomic E-state index is 15.4. The number of rotatable bonds is 7. The van der Waals surface area contributed by atoms with Crippen molar-refractivity contribution in [1.29, 1.82) is 0 Å². The molecule has 5 rings (SSSR count). The smallest absolute Gasteiger partial charge is 0.378 e. The molecule has 1 aliphatic rings. The van der Waals surface area contributed by atoms with Crippen LogP contribution in [0, 0.1) is 0 Å². The van der Waals surface area contributed by atoms with Crippen molar-refractivity contribution in [3.8, 4) is 10.7 Å². The van der Waals surface area contributed by atoms with Gasteiger partial charge in [-0.15, -0.1) is 11.3 Å². The first-order valence-corrected chi connectivity index (χ1v) is 13.4. The Balaban J connectivity index is 1.45. The highest BCUT2D eigenvalue weighted by atomic mass is 32.1. The predicted molar refractivity (Wildman–Crippen MR) is 146 cm³/mol. The van der Waals surface area contributed by atoms with Crippen LogP contribution in [-0.4, -0.2) is 58.4 Å². The average molecular weight is 560 g/mol. The molecular formula is C28H29F4N5OS. The summed E-state index contributed by atoms with van der Waals surface area (Å²) >= 11 is 1.22. The number of nitrogens with zero attached hydrogens (tertiary/aromatic N) is 3. The molecule has 206 valence electrons. The van der Waals surface area contributed by atoms with Crippen LogP contribution in [0.2, 0.25) is 0 Å². The molecule has 0 radical (unpaired) electrons. The molecule has 11 heteroatoms. The topological polar surface area (TPSA) is 62.2 Å². The van der Waals surface area contributed by atoms with Crippen LogP contribution >= 0.6 is 11.3 Å². The molecule has 0 spiro atoms. The summed E-state index contributed by atoms with van der Waals surface area (Å²) < 4.78 is 57.6. The van der Waals surface area contributed by atoms with Crippen LogP contribution in [0.1, 0.15) is 28.6 Å². The fraction of sp³-hybridized carbons (Fsp3) is 0.357. The van der Waals surface area contributed by atoms with Gasteiger partial charge in [-0.2, -0.15) is 13.2 Å². The normalized spacial score (nSPS) is 20.3. The zero-order valence-corrected chi connectivity index (χ0v) is 22.4. The van der Waals surface area contributed by atoms with E-state index in [1.807, 2.05) is 18.0 Å². The summed E-state index contributed by atoms with van der Waals surface area (Å²) in [5.41, 5.74) is 0.297. The number of hydrogen-bond donors (Lipinski definition) is 2. The van der Waals surface area contributed by atoms with Crippen LogP contribution in [0.15, 0.2) is 60.8 Å². The maximum Gasteiger partial charge on any atom is 0.406 e. The molecule has 39 heavy (non-hydrogen) atoms. The number of fused-ring (bicyclic) bond motifs is 1. The Morgan fingerprint density at radius 3 is 2.67 bits per heavy atom. The molecule has 1 aliphatic heterocycles. The monoisotopic (exact) mass is 559 g/mol. The molecule has 4 aromatic rings. The summed E-state index contributed by atoms with van der Waals surface area (Å²) in [7, 11) is 1.87. The van der Waals surface area contributed by atoms with Gasteiger partial charge < -0.3 is 20.1 Å². The van der Waals surface area contributed by atoms with Crippen molar-refractivity contribution in [2.75, 3.05) is 25.5 Å². The molecule has 3 heterocycles. The SMILES string of the molecule is CN1CC[C@@H](Nc2cccc3c2cc(-c2ncc(CNC(=O)c4ccccc4)s2)n3CC(F)(F)F)[C@@](C)(F)C1. The minimum atomic E-state index is -4.46. The van der Waals surface area contributed by atoms with Gasteiger partial charge in [-0.1, -0.05) is 24.3 Å². The number of alkyl halides is 4. The van der Waals surface area contributed by atoms with Crippen molar-refractivity contribution in [3.05, 3.63) is 71.2 Å². The van der Waals surface area contributed by atoms with Crippen LogP contribution in [-0.2, 0) is 13.1 Å². The third-order valence-electron chi connectivity index (χ3n) is 6.95.